The van der Waals surface area contributed by atoms with Gasteiger partial charge in [0.05, 0.1) is 6.61 Å². The van der Waals surface area contributed by atoms with Crippen LogP contribution in [0.3, 0.4) is 0 Å². The molecule has 0 atom stereocenters. The fourth-order valence-corrected chi connectivity index (χ4v) is 2.45. The Kier molecular flexibility index (Phi) is 4.10. The first-order chi connectivity index (χ1) is 11.2. The van der Waals surface area contributed by atoms with Gasteiger partial charge < -0.3 is 15.5 Å². The van der Waals surface area contributed by atoms with E-state index in [-0.39, 0.29) is 0 Å². The smallest absolute Gasteiger partial charge is 0.249 e. The molecule has 1 amide bonds. The molecule has 0 radical (unpaired) electrons. The third-order valence-corrected chi connectivity index (χ3v) is 3.52. The fraction of sp³-hybridized carbons (Fsp3) is 0.111. The van der Waals surface area contributed by atoms with Gasteiger partial charge in [-0.05, 0) is 42.8 Å². The summed E-state index contributed by atoms with van der Waals surface area (Å²) < 4.78 is 5.42. The van der Waals surface area contributed by atoms with Crippen LogP contribution in [0.25, 0.3) is 22.7 Å². The normalized spacial score (nSPS) is 11.6. The molecule has 0 fully saturated rings. The van der Waals surface area contributed by atoms with E-state index in [2.05, 4.69) is 9.97 Å². The molecular weight excluding hydrogens is 290 g/mol. The number of fused-ring (bicyclic) bond motifs is 1. The number of aromatic amines is 1. The van der Waals surface area contributed by atoms with Crippen LogP contribution in [0.4, 0.5) is 0 Å². The lowest BCUT2D eigenvalue weighted by Crippen LogP contribution is -2.12. The second-order valence-electron chi connectivity index (χ2n) is 5.02. The maximum atomic E-state index is 11.9. The number of H-pyrrole nitrogens is 1. The van der Waals surface area contributed by atoms with Crippen molar-refractivity contribution in [1.29, 1.82) is 0 Å². The van der Waals surface area contributed by atoms with Crippen LogP contribution in [0.1, 0.15) is 18.1 Å². The Morgan fingerprint density at radius 3 is 2.78 bits per heavy atom. The highest BCUT2D eigenvalue weighted by atomic mass is 16.5. The quantitative estimate of drug-likeness (QED) is 0.711. The zero-order chi connectivity index (χ0) is 16.2. The topological polar surface area (TPSA) is 81.0 Å². The molecule has 0 spiro atoms. The maximum Gasteiger partial charge on any atom is 0.249 e. The van der Waals surface area contributed by atoms with E-state index in [0.29, 0.717) is 12.2 Å². The molecule has 3 aromatic rings. The molecule has 0 unspecified atom stereocenters. The molecule has 0 aliphatic carbocycles. The van der Waals surface area contributed by atoms with Crippen LogP contribution >= 0.6 is 0 Å². The minimum atomic E-state index is -0.479. The summed E-state index contributed by atoms with van der Waals surface area (Å²) in [6, 6.07) is 11.1. The van der Waals surface area contributed by atoms with Crippen molar-refractivity contribution in [2.24, 2.45) is 5.73 Å². The van der Waals surface area contributed by atoms with E-state index >= 15 is 0 Å². The van der Waals surface area contributed by atoms with Crippen LogP contribution in [0.2, 0.25) is 0 Å². The Bertz CT molecular complexity index is 863. The predicted octanol–water partition coefficient (Wildman–Crippen LogP) is 2.99. The molecule has 0 saturated heterocycles. The molecule has 0 bridgehead atoms. The number of nitrogens with one attached hydrogen (secondary N) is 1. The number of hydrogen-bond donors (Lipinski definition) is 2. The first kappa shape index (κ1) is 14.8. The first-order valence-electron chi connectivity index (χ1n) is 7.36. The summed E-state index contributed by atoms with van der Waals surface area (Å²) in [5, 5.41) is 0.942. The molecular formula is C18H17N3O2. The lowest BCUT2D eigenvalue weighted by Gasteiger charge is -2.06. The molecule has 2 aromatic heterocycles. The number of nitrogens with two attached hydrogens (primary N) is 1. The molecule has 23 heavy (non-hydrogen) atoms. The van der Waals surface area contributed by atoms with Gasteiger partial charge in [0.15, 0.2) is 0 Å². The summed E-state index contributed by atoms with van der Waals surface area (Å²) in [6.45, 7) is 2.52. The highest BCUT2D eigenvalue weighted by molar-refractivity contribution is 6.24. The lowest BCUT2D eigenvalue weighted by atomic mass is 10.0. The van der Waals surface area contributed by atoms with Gasteiger partial charge in [0.2, 0.25) is 5.91 Å². The average molecular weight is 307 g/mol. The molecule has 116 valence electrons. The van der Waals surface area contributed by atoms with Crippen LogP contribution < -0.4 is 10.5 Å². The van der Waals surface area contributed by atoms with Gasteiger partial charge in [-0.2, -0.15) is 0 Å². The Balaban J connectivity index is 2.03. The van der Waals surface area contributed by atoms with Gasteiger partial charge in [0.1, 0.15) is 11.4 Å². The number of ether oxygens (including phenoxy) is 1. The standard InChI is InChI=1S/C18H17N3O2/c1-2-23-14-7-5-12(6-8-14)16(17(19)22)10-13-11-21-18-15(13)4-3-9-20-18/h3-11H,2H2,1H3,(H2,19,22)(H,20,21)/b16-10-. The third-order valence-electron chi connectivity index (χ3n) is 3.52. The average Bonchev–Trinajstić information content (AvgIpc) is 2.97. The van der Waals surface area contributed by atoms with Crippen molar-refractivity contribution >= 4 is 28.6 Å². The number of amides is 1. The second kappa shape index (κ2) is 6.36. The first-order valence-corrected chi connectivity index (χ1v) is 7.36. The molecule has 0 aliphatic heterocycles. The Hall–Kier alpha value is -3.08. The Morgan fingerprint density at radius 1 is 1.30 bits per heavy atom. The van der Waals surface area contributed by atoms with Crippen molar-refractivity contribution in [3.05, 3.63) is 59.9 Å². The van der Waals surface area contributed by atoms with Crippen LogP contribution in [0.5, 0.6) is 5.75 Å². The number of pyridine rings is 1. The number of primary amides is 1. The minimum Gasteiger partial charge on any atom is -0.494 e. The van der Waals surface area contributed by atoms with Crippen molar-refractivity contribution in [2.45, 2.75) is 6.92 Å². The third kappa shape index (κ3) is 3.08. The van der Waals surface area contributed by atoms with Gasteiger partial charge in [0.25, 0.3) is 0 Å². The fourth-order valence-electron chi connectivity index (χ4n) is 2.45. The summed E-state index contributed by atoms with van der Waals surface area (Å²) in [4.78, 5) is 19.2. The SMILES string of the molecule is CCOc1ccc(/C(=C/c2c[nH]c3ncccc23)C(N)=O)cc1. The predicted molar refractivity (Wildman–Crippen MR) is 90.8 cm³/mol. The van der Waals surface area contributed by atoms with E-state index in [1.807, 2.05) is 49.5 Å². The molecule has 3 rings (SSSR count). The minimum absolute atomic E-state index is 0.442. The second-order valence-corrected chi connectivity index (χ2v) is 5.02. The van der Waals surface area contributed by atoms with Crippen molar-refractivity contribution in [1.82, 2.24) is 9.97 Å². The zero-order valence-electron chi connectivity index (χ0n) is 12.7. The molecule has 0 aliphatic rings. The number of rotatable bonds is 5. The number of carbonyl (C=O) groups excluding carboxylic acids is 1. The van der Waals surface area contributed by atoms with Gasteiger partial charge in [-0.15, -0.1) is 0 Å². The summed E-state index contributed by atoms with van der Waals surface area (Å²) in [5.41, 5.74) is 8.40. The van der Waals surface area contributed by atoms with E-state index in [4.69, 9.17) is 10.5 Å². The van der Waals surface area contributed by atoms with E-state index in [9.17, 15) is 4.79 Å². The van der Waals surface area contributed by atoms with Crippen molar-refractivity contribution in [3.8, 4) is 5.75 Å². The molecule has 5 heteroatoms. The molecule has 5 nitrogen and oxygen atoms in total. The van der Waals surface area contributed by atoms with Crippen molar-refractivity contribution < 1.29 is 9.53 Å². The molecule has 1 aromatic carbocycles. The summed E-state index contributed by atoms with van der Waals surface area (Å²) in [5.74, 6) is 0.281. The number of hydrogen-bond acceptors (Lipinski definition) is 3. The molecule has 3 N–H and O–H groups in total. The van der Waals surface area contributed by atoms with Crippen LogP contribution in [-0.2, 0) is 4.79 Å². The van der Waals surface area contributed by atoms with E-state index < -0.39 is 5.91 Å². The zero-order valence-corrected chi connectivity index (χ0v) is 12.7. The Morgan fingerprint density at radius 2 is 2.09 bits per heavy atom. The van der Waals surface area contributed by atoms with Gasteiger partial charge in [0, 0.05) is 28.9 Å². The largest absolute Gasteiger partial charge is 0.494 e. The van der Waals surface area contributed by atoms with Crippen LogP contribution in [-0.4, -0.2) is 22.5 Å². The van der Waals surface area contributed by atoms with E-state index in [1.54, 1.807) is 12.3 Å². The summed E-state index contributed by atoms with van der Waals surface area (Å²) in [7, 11) is 0. The van der Waals surface area contributed by atoms with Crippen LogP contribution in [0.15, 0.2) is 48.8 Å². The highest BCUT2D eigenvalue weighted by Crippen LogP contribution is 2.24. The van der Waals surface area contributed by atoms with Crippen molar-refractivity contribution in [2.75, 3.05) is 6.61 Å². The van der Waals surface area contributed by atoms with Gasteiger partial charge in [-0.3, -0.25) is 4.79 Å². The number of carbonyl (C=O) groups is 1. The van der Waals surface area contributed by atoms with Gasteiger partial charge in [-0.1, -0.05) is 12.1 Å². The number of benzene rings is 1. The summed E-state index contributed by atoms with van der Waals surface area (Å²) >= 11 is 0. The van der Waals surface area contributed by atoms with E-state index in [0.717, 1.165) is 27.9 Å². The Labute approximate surface area is 133 Å². The van der Waals surface area contributed by atoms with Gasteiger partial charge in [-0.25, -0.2) is 4.98 Å². The number of nitrogens with zero attached hydrogens (tertiary/aromatic N) is 1. The molecule has 0 saturated carbocycles. The maximum absolute atomic E-state index is 11.9. The monoisotopic (exact) mass is 307 g/mol. The lowest BCUT2D eigenvalue weighted by molar-refractivity contribution is -0.112. The summed E-state index contributed by atoms with van der Waals surface area (Å²) in [6.07, 6.45) is 5.31. The number of aromatic nitrogens is 2. The molecule has 2 heterocycles. The van der Waals surface area contributed by atoms with E-state index in [1.165, 1.54) is 0 Å². The van der Waals surface area contributed by atoms with Crippen molar-refractivity contribution in [3.63, 3.8) is 0 Å². The van der Waals surface area contributed by atoms with Gasteiger partial charge >= 0.3 is 0 Å². The highest BCUT2D eigenvalue weighted by Gasteiger charge is 2.11. The van der Waals surface area contributed by atoms with Crippen LogP contribution in [0, 0.1) is 0 Å².